The van der Waals surface area contributed by atoms with Gasteiger partial charge in [-0.05, 0) is 18.2 Å². The van der Waals surface area contributed by atoms with Gasteiger partial charge < -0.3 is 31.0 Å². The quantitative estimate of drug-likeness (QED) is 0.520. The minimum absolute atomic E-state index is 0.0307. The number of nitrogens with one attached hydrogen (secondary N) is 1. The van der Waals surface area contributed by atoms with Crippen LogP contribution in [-0.4, -0.2) is 61.9 Å². The third-order valence-corrected chi connectivity index (χ3v) is 4.42. The van der Waals surface area contributed by atoms with Crippen LogP contribution in [-0.2, 0) is 15.0 Å². The van der Waals surface area contributed by atoms with Crippen molar-refractivity contribution in [1.82, 2.24) is 9.97 Å². The van der Waals surface area contributed by atoms with E-state index in [4.69, 9.17) is 25.7 Å². The summed E-state index contributed by atoms with van der Waals surface area (Å²) in [7, 11) is 1.52. The predicted octanol–water partition coefficient (Wildman–Crippen LogP) is 1.03. The number of rotatable bonds is 8. The molecule has 0 fully saturated rings. The maximum absolute atomic E-state index is 14.5. The van der Waals surface area contributed by atoms with Crippen molar-refractivity contribution in [3.05, 3.63) is 41.5 Å². The Kier molecular flexibility index (Phi) is 6.92. The number of aromatic nitrogens is 2. The molecule has 1 aliphatic rings. The molecule has 0 radical (unpaired) electrons. The van der Waals surface area contributed by atoms with Crippen molar-refractivity contribution in [1.29, 1.82) is 0 Å². The maximum Gasteiger partial charge on any atom is 0.278 e. The first kappa shape index (κ1) is 22.3. The van der Waals surface area contributed by atoms with E-state index in [2.05, 4.69) is 20.3 Å². The first-order valence-electron chi connectivity index (χ1n) is 9.22. The lowest BCUT2D eigenvalue weighted by Gasteiger charge is -2.31. The predicted molar refractivity (Wildman–Crippen MR) is 108 cm³/mol. The van der Waals surface area contributed by atoms with Gasteiger partial charge in [0.1, 0.15) is 37.1 Å². The first-order chi connectivity index (χ1) is 14.9. The fourth-order valence-corrected chi connectivity index (χ4v) is 2.95. The molecule has 0 saturated heterocycles. The van der Waals surface area contributed by atoms with Crippen molar-refractivity contribution < 1.29 is 27.8 Å². The SMILES string of the molecule is COCCOc1cnc(C(=O)Nc2ccc(F)c([C@]3(CF)COCC(N)=N3)c2)c(N)n1. The summed E-state index contributed by atoms with van der Waals surface area (Å²) < 4.78 is 43.8. The molecule has 0 bridgehead atoms. The highest BCUT2D eigenvalue weighted by Crippen LogP contribution is 2.33. The van der Waals surface area contributed by atoms with Crippen LogP contribution in [0.25, 0.3) is 0 Å². The second-order valence-corrected chi connectivity index (χ2v) is 6.69. The van der Waals surface area contributed by atoms with E-state index >= 15 is 0 Å². The van der Waals surface area contributed by atoms with Gasteiger partial charge in [0.15, 0.2) is 11.5 Å². The summed E-state index contributed by atoms with van der Waals surface area (Å²) in [5.41, 5.74) is 9.75. The third kappa shape index (κ3) is 5.03. The van der Waals surface area contributed by atoms with Crippen LogP contribution in [0.15, 0.2) is 29.4 Å². The summed E-state index contributed by atoms with van der Waals surface area (Å²) >= 11 is 0. The van der Waals surface area contributed by atoms with E-state index in [1.165, 1.54) is 25.4 Å². The van der Waals surface area contributed by atoms with Gasteiger partial charge in [-0.3, -0.25) is 9.79 Å². The molecule has 0 saturated carbocycles. The Bertz CT molecular complexity index is 990. The van der Waals surface area contributed by atoms with Crippen molar-refractivity contribution in [2.75, 3.05) is 51.3 Å². The van der Waals surface area contributed by atoms with E-state index in [1.807, 2.05) is 0 Å². The molecule has 0 aliphatic carbocycles. The highest BCUT2D eigenvalue weighted by Gasteiger charge is 2.38. The Morgan fingerprint density at radius 2 is 2.16 bits per heavy atom. The highest BCUT2D eigenvalue weighted by atomic mass is 19.1. The van der Waals surface area contributed by atoms with Gasteiger partial charge in [-0.25, -0.2) is 13.8 Å². The zero-order valence-corrected chi connectivity index (χ0v) is 16.7. The molecule has 1 aromatic carbocycles. The van der Waals surface area contributed by atoms with Crippen LogP contribution in [0.5, 0.6) is 5.88 Å². The van der Waals surface area contributed by atoms with Gasteiger partial charge >= 0.3 is 0 Å². The maximum atomic E-state index is 14.5. The monoisotopic (exact) mass is 436 g/mol. The lowest BCUT2D eigenvalue weighted by molar-refractivity contribution is 0.0809. The van der Waals surface area contributed by atoms with Crippen molar-refractivity contribution >= 4 is 23.2 Å². The number of nitrogen functional groups attached to an aromatic ring is 1. The zero-order valence-electron chi connectivity index (χ0n) is 16.7. The molecule has 5 N–H and O–H groups in total. The molecule has 0 unspecified atom stereocenters. The van der Waals surface area contributed by atoms with Crippen molar-refractivity contribution in [3.8, 4) is 5.88 Å². The number of alkyl halides is 1. The number of benzene rings is 1. The fourth-order valence-electron chi connectivity index (χ4n) is 2.95. The first-order valence-corrected chi connectivity index (χ1v) is 9.22. The number of carbonyl (C=O) groups excluding carboxylic acids is 1. The smallest absolute Gasteiger partial charge is 0.278 e. The molecule has 1 amide bonds. The molecule has 1 aliphatic heterocycles. The number of anilines is 2. The number of nitrogens with two attached hydrogens (primary N) is 2. The van der Waals surface area contributed by atoms with Crippen LogP contribution in [0, 0.1) is 5.82 Å². The summed E-state index contributed by atoms with van der Waals surface area (Å²) in [5.74, 6) is -1.38. The number of hydrogen-bond acceptors (Lipinski definition) is 9. The van der Waals surface area contributed by atoms with Gasteiger partial charge in [-0.1, -0.05) is 0 Å². The van der Waals surface area contributed by atoms with Crippen LogP contribution in [0.4, 0.5) is 20.3 Å². The van der Waals surface area contributed by atoms with E-state index in [0.29, 0.717) is 6.61 Å². The lowest BCUT2D eigenvalue weighted by atomic mass is 9.91. The summed E-state index contributed by atoms with van der Waals surface area (Å²) in [6.07, 6.45) is 1.24. The van der Waals surface area contributed by atoms with Crippen molar-refractivity contribution in [3.63, 3.8) is 0 Å². The third-order valence-electron chi connectivity index (χ3n) is 4.42. The van der Waals surface area contributed by atoms with Gasteiger partial charge in [0.25, 0.3) is 5.91 Å². The molecular weight excluding hydrogens is 414 g/mol. The van der Waals surface area contributed by atoms with Crippen molar-refractivity contribution in [2.45, 2.75) is 5.54 Å². The highest BCUT2D eigenvalue weighted by molar-refractivity contribution is 6.05. The molecule has 31 heavy (non-hydrogen) atoms. The minimum atomic E-state index is -1.63. The molecule has 166 valence electrons. The van der Waals surface area contributed by atoms with Gasteiger partial charge in [-0.2, -0.15) is 4.98 Å². The molecule has 2 aromatic rings. The summed E-state index contributed by atoms with van der Waals surface area (Å²) in [6.45, 7) is -0.616. The number of amides is 1. The summed E-state index contributed by atoms with van der Waals surface area (Å²) in [5, 5.41) is 2.54. The molecule has 2 heterocycles. The molecule has 3 rings (SSSR count). The number of hydrogen-bond donors (Lipinski definition) is 3. The normalized spacial score (nSPS) is 18.4. The van der Waals surface area contributed by atoms with E-state index < -0.39 is 23.9 Å². The van der Waals surface area contributed by atoms with Crippen LogP contribution < -0.4 is 21.5 Å². The topological polar surface area (TPSA) is 147 Å². The van der Waals surface area contributed by atoms with Crippen LogP contribution in [0.2, 0.25) is 0 Å². The van der Waals surface area contributed by atoms with Crippen LogP contribution in [0.3, 0.4) is 0 Å². The zero-order chi connectivity index (χ0) is 22.4. The standard InChI is InChI=1S/C19H22F2N6O4/c1-29-4-5-31-15-7-24-16(17(23)26-15)18(28)25-11-2-3-13(21)12(6-11)19(9-20)10-30-8-14(22)27-19/h2-3,6-7H,4-5,8-10H2,1H3,(H2,22,27)(H2,23,26)(H,25,28)/t19-/m0/s1. The number of methoxy groups -OCH3 is 1. The summed E-state index contributed by atoms with van der Waals surface area (Å²) in [6, 6.07) is 3.67. The molecule has 1 aromatic heterocycles. The Balaban J connectivity index is 1.81. The minimum Gasteiger partial charge on any atom is -0.474 e. The summed E-state index contributed by atoms with van der Waals surface area (Å²) in [4.78, 5) is 24.6. The van der Waals surface area contributed by atoms with Crippen molar-refractivity contribution in [2.24, 2.45) is 10.7 Å². The van der Waals surface area contributed by atoms with Gasteiger partial charge in [-0.15, -0.1) is 0 Å². The number of aliphatic imine (C=N–C) groups is 1. The molecule has 1 atom stereocenters. The van der Waals surface area contributed by atoms with E-state index in [9.17, 15) is 13.6 Å². The van der Waals surface area contributed by atoms with E-state index in [0.717, 1.165) is 6.07 Å². The number of amidine groups is 1. The fraction of sp³-hybridized carbons (Fsp3) is 0.368. The molecule has 0 spiro atoms. The van der Waals surface area contributed by atoms with E-state index in [-0.39, 0.29) is 54.3 Å². The van der Waals surface area contributed by atoms with Gasteiger partial charge in [0.05, 0.1) is 19.4 Å². The molecule has 10 nitrogen and oxygen atoms in total. The Labute approximate surface area is 176 Å². The van der Waals surface area contributed by atoms with Crippen LogP contribution in [0.1, 0.15) is 16.1 Å². The number of carbonyl (C=O) groups is 1. The molecule has 12 heteroatoms. The number of nitrogens with zero attached hydrogens (tertiary/aromatic N) is 3. The van der Waals surface area contributed by atoms with Gasteiger partial charge in [0.2, 0.25) is 5.88 Å². The average Bonchev–Trinajstić information content (AvgIpc) is 2.75. The Morgan fingerprint density at radius 3 is 2.84 bits per heavy atom. The number of ether oxygens (including phenoxy) is 3. The second kappa shape index (κ2) is 9.62. The van der Waals surface area contributed by atoms with E-state index in [1.54, 1.807) is 0 Å². The number of halogens is 2. The second-order valence-electron chi connectivity index (χ2n) is 6.69. The average molecular weight is 436 g/mol. The van der Waals surface area contributed by atoms with Crippen LogP contribution >= 0.6 is 0 Å². The lowest BCUT2D eigenvalue weighted by Crippen LogP contribution is -2.42. The molecular formula is C19H22F2N6O4. The largest absolute Gasteiger partial charge is 0.474 e. The van der Waals surface area contributed by atoms with Gasteiger partial charge in [0, 0.05) is 18.4 Å². The Hall–Kier alpha value is -3.38. The Morgan fingerprint density at radius 1 is 1.35 bits per heavy atom.